The first-order chi connectivity index (χ1) is 28.1. The number of nitrogens with two attached hydrogens (primary N) is 1. The van der Waals surface area contributed by atoms with Crippen molar-refractivity contribution in [1.29, 1.82) is 0 Å². The molecule has 0 aromatic rings. The maximum Gasteiger partial charge on any atom is 0.472 e. The van der Waals surface area contributed by atoms with Crippen molar-refractivity contribution >= 4 is 25.7 Å². The third kappa shape index (κ3) is 39.5. The molecule has 0 amide bonds. The molecule has 12 heteroatoms. The number of esters is 2. The van der Waals surface area contributed by atoms with Crippen LogP contribution in [-0.2, 0) is 37.5 Å². The lowest BCUT2D eigenvalue weighted by molar-refractivity contribution is -0.161. The third-order valence-corrected chi connectivity index (χ3v) is 9.57. The summed E-state index contributed by atoms with van der Waals surface area (Å²) < 4.78 is 32.6. The highest BCUT2D eigenvalue weighted by molar-refractivity contribution is 7.47. The van der Waals surface area contributed by atoms with Crippen molar-refractivity contribution in [2.24, 2.45) is 5.73 Å². The van der Waals surface area contributed by atoms with E-state index in [0.29, 0.717) is 19.3 Å². The SMILES string of the molecule is CCCCC/C=C\C/C=C\C/C=C\C/C=C\CCCC(=O)O[C@H](COC(=O)CCCCCC/C=C\C/C=C\C/C=C\CCCCC)COP(=O)(O)OC[C@H](N)C(=O)O. The summed E-state index contributed by atoms with van der Waals surface area (Å²) >= 11 is 0. The second-order valence-corrected chi connectivity index (χ2v) is 15.6. The predicted octanol–water partition coefficient (Wildman–Crippen LogP) is 11.5. The molecule has 0 aliphatic heterocycles. The summed E-state index contributed by atoms with van der Waals surface area (Å²) in [6.45, 7) is 2.65. The number of carboxylic acids is 1. The minimum atomic E-state index is -4.74. The molecule has 0 radical (unpaired) electrons. The number of hydrogen-bond acceptors (Lipinski definition) is 9. The number of phosphoric acid groups is 1. The maximum absolute atomic E-state index is 12.6. The largest absolute Gasteiger partial charge is 0.480 e. The number of ether oxygens (including phenoxy) is 2. The van der Waals surface area contributed by atoms with Crippen molar-refractivity contribution in [2.75, 3.05) is 19.8 Å². The number of carboxylic acid groups (broad SMARTS) is 1. The van der Waals surface area contributed by atoms with Crippen LogP contribution in [0.4, 0.5) is 0 Å². The van der Waals surface area contributed by atoms with Gasteiger partial charge in [-0.3, -0.25) is 23.4 Å². The molecule has 3 atom stereocenters. The number of hydrogen-bond donors (Lipinski definition) is 3. The van der Waals surface area contributed by atoms with Gasteiger partial charge in [0.2, 0.25) is 0 Å². The molecule has 0 aromatic carbocycles. The van der Waals surface area contributed by atoms with Crippen LogP contribution in [0.1, 0.15) is 155 Å². The summed E-state index contributed by atoms with van der Waals surface area (Å²) in [6, 6.07) is -1.54. The van der Waals surface area contributed by atoms with Gasteiger partial charge >= 0.3 is 25.7 Å². The van der Waals surface area contributed by atoms with Gasteiger partial charge in [0.1, 0.15) is 12.6 Å². The van der Waals surface area contributed by atoms with Gasteiger partial charge < -0.3 is 25.2 Å². The molecule has 0 rings (SSSR count). The van der Waals surface area contributed by atoms with Crippen LogP contribution in [-0.4, -0.2) is 59.9 Å². The van der Waals surface area contributed by atoms with Gasteiger partial charge in [0.05, 0.1) is 13.2 Å². The molecule has 0 spiro atoms. The highest BCUT2D eigenvalue weighted by Crippen LogP contribution is 2.43. The average molecular weight is 834 g/mol. The van der Waals surface area contributed by atoms with Crippen LogP contribution < -0.4 is 5.73 Å². The predicted molar refractivity (Wildman–Crippen MR) is 235 cm³/mol. The van der Waals surface area contributed by atoms with Crippen LogP contribution in [0.5, 0.6) is 0 Å². The zero-order chi connectivity index (χ0) is 42.8. The average Bonchev–Trinajstić information content (AvgIpc) is 3.20. The number of unbranched alkanes of at least 4 members (excludes halogenated alkanes) is 11. The Hall–Kier alpha value is -3.34. The monoisotopic (exact) mass is 834 g/mol. The van der Waals surface area contributed by atoms with E-state index in [4.69, 9.17) is 24.8 Å². The second kappa shape index (κ2) is 40.4. The molecule has 0 saturated heterocycles. The molecule has 11 nitrogen and oxygen atoms in total. The van der Waals surface area contributed by atoms with E-state index < -0.39 is 51.1 Å². The van der Waals surface area contributed by atoms with Gasteiger partial charge in [0.15, 0.2) is 6.10 Å². The van der Waals surface area contributed by atoms with Crippen LogP contribution in [0.2, 0.25) is 0 Å². The highest BCUT2D eigenvalue weighted by Gasteiger charge is 2.28. The molecule has 0 aliphatic rings. The van der Waals surface area contributed by atoms with Gasteiger partial charge in [0.25, 0.3) is 0 Å². The van der Waals surface area contributed by atoms with E-state index in [1.54, 1.807) is 0 Å². The van der Waals surface area contributed by atoms with Crippen LogP contribution >= 0.6 is 7.82 Å². The zero-order valence-electron chi connectivity index (χ0n) is 35.6. The summed E-state index contributed by atoms with van der Waals surface area (Å²) in [7, 11) is -4.74. The summed E-state index contributed by atoms with van der Waals surface area (Å²) in [6.07, 6.45) is 49.4. The first-order valence-electron chi connectivity index (χ1n) is 21.6. The summed E-state index contributed by atoms with van der Waals surface area (Å²) in [5.41, 5.74) is 5.33. The Morgan fingerprint density at radius 3 is 1.40 bits per heavy atom. The summed E-state index contributed by atoms with van der Waals surface area (Å²) in [5.74, 6) is -2.49. The Labute approximate surface area is 350 Å². The minimum Gasteiger partial charge on any atom is -0.480 e. The first-order valence-corrected chi connectivity index (χ1v) is 23.1. The lowest BCUT2D eigenvalue weighted by Crippen LogP contribution is -2.34. The Morgan fingerprint density at radius 2 is 0.931 bits per heavy atom. The first kappa shape index (κ1) is 54.7. The smallest absolute Gasteiger partial charge is 0.472 e. The van der Waals surface area contributed by atoms with E-state index >= 15 is 0 Å². The zero-order valence-corrected chi connectivity index (χ0v) is 36.5. The lowest BCUT2D eigenvalue weighted by atomic mass is 10.1. The van der Waals surface area contributed by atoms with Gasteiger partial charge in [-0.1, -0.05) is 137 Å². The number of allylic oxidation sites excluding steroid dienone is 14. The van der Waals surface area contributed by atoms with Gasteiger partial charge in [0, 0.05) is 12.8 Å². The molecule has 0 heterocycles. The Balaban J connectivity index is 4.53. The van der Waals surface area contributed by atoms with Gasteiger partial charge in [-0.25, -0.2) is 4.57 Å². The molecular formula is C46H76NO10P. The van der Waals surface area contributed by atoms with Crippen molar-refractivity contribution in [3.63, 3.8) is 0 Å². The number of carbonyl (C=O) groups is 3. The summed E-state index contributed by atoms with van der Waals surface area (Å²) in [4.78, 5) is 45.9. The number of carbonyl (C=O) groups excluding carboxylic acids is 2. The van der Waals surface area contributed by atoms with Crippen molar-refractivity contribution in [1.82, 2.24) is 0 Å². The Morgan fingerprint density at radius 1 is 0.534 bits per heavy atom. The quantitative estimate of drug-likeness (QED) is 0.0233. The Kier molecular flexibility index (Phi) is 38.1. The van der Waals surface area contributed by atoms with E-state index in [1.807, 2.05) is 12.2 Å². The van der Waals surface area contributed by atoms with Gasteiger partial charge in [-0.2, -0.15) is 0 Å². The molecule has 0 fully saturated rings. The van der Waals surface area contributed by atoms with Crippen molar-refractivity contribution in [3.05, 3.63) is 85.1 Å². The molecule has 1 unspecified atom stereocenters. The normalized spacial score (nSPS) is 14.6. The number of phosphoric ester groups is 1. The fourth-order valence-electron chi connectivity index (χ4n) is 5.18. The fourth-order valence-corrected chi connectivity index (χ4v) is 5.96. The van der Waals surface area contributed by atoms with Gasteiger partial charge in [-0.05, 0) is 89.9 Å². The fraction of sp³-hybridized carbons (Fsp3) is 0.630. The maximum atomic E-state index is 12.6. The van der Waals surface area contributed by atoms with Crippen LogP contribution in [0.15, 0.2) is 85.1 Å². The number of aliphatic carboxylic acids is 1. The molecule has 0 saturated carbocycles. The van der Waals surface area contributed by atoms with E-state index in [9.17, 15) is 23.8 Å². The van der Waals surface area contributed by atoms with Crippen LogP contribution in [0, 0.1) is 0 Å². The lowest BCUT2D eigenvalue weighted by Gasteiger charge is -2.20. The third-order valence-electron chi connectivity index (χ3n) is 8.62. The van der Waals surface area contributed by atoms with E-state index in [2.05, 4.69) is 91.3 Å². The van der Waals surface area contributed by atoms with Gasteiger partial charge in [-0.15, -0.1) is 0 Å². The molecular weight excluding hydrogens is 757 g/mol. The molecule has 0 aliphatic carbocycles. The van der Waals surface area contributed by atoms with Crippen LogP contribution in [0.3, 0.4) is 0 Å². The van der Waals surface area contributed by atoms with Crippen molar-refractivity contribution in [3.8, 4) is 0 Å². The van der Waals surface area contributed by atoms with Crippen LogP contribution in [0.25, 0.3) is 0 Å². The minimum absolute atomic E-state index is 0.0754. The van der Waals surface area contributed by atoms with E-state index in [-0.39, 0.29) is 19.4 Å². The molecule has 58 heavy (non-hydrogen) atoms. The van der Waals surface area contributed by atoms with E-state index in [1.165, 1.54) is 38.5 Å². The molecule has 330 valence electrons. The molecule has 0 aromatic heterocycles. The van der Waals surface area contributed by atoms with E-state index in [0.717, 1.165) is 70.6 Å². The number of rotatable bonds is 39. The Bertz CT molecular complexity index is 1300. The van der Waals surface area contributed by atoms with Crippen molar-refractivity contribution < 1.29 is 47.5 Å². The second-order valence-electron chi connectivity index (χ2n) is 14.1. The topological polar surface area (TPSA) is 172 Å². The highest BCUT2D eigenvalue weighted by atomic mass is 31.2. The molecule has 4 N–H and O–H groups in total. The van der Waals surface area contributed by atoms with Crippen molar-refractivity contribution in [2.45, 2.75) is 167 Å². The molecule has 0 bridgehead atoms. The standard InChI is InChI=1S/C46H76NO10P/c1-3-5-7-9-11-13-15-17-19-21-23-25-27-29-31-33-35-37-44(48)54-39-42(40-55-58(52,53)56-41-43(47)46(50)51)57-45(49)38-36-34-32-30-28-26-24-22-20-18-16-14-12-10-8-6-4-2/h11-14,17-20,23-26,30,32,42-43H,3-10,15-16,21-22,27-29,31,33-41,47H2,1-2H3,(H,50,51)(H,52,53)/b13-11-,14-12-,19-17-,20-18-,25-23-,26-24-,32-30-/t42-,43+/m1/s1. The summed E-state index contributed by atoms with van der Waals surface area (Å²) in [5, 5.41) is 8.89.